The molecule has 9 heteroatoms. The van der Waals surface area contributed by atoms with Gasteiger partial charge in [-0.05, 0) is 31.9 Å². The molecule has 0 aliphatic carbocycles. The number of amides is 2. The molecular formula is C19H28N2O6S. The Morgan fingerprint density at radius 2 is 2.07 bits per heavy atom. The zero-order chi connectivity index (χ0) is 19.4. The SMILES string of the molecule is COCC1(C(=O)N2Cc3ccc(C(=O)NO)cc3OC[C@@H]2C)CCOCC1.S. The van der Waals surface area contributed by atoms with Crippen LogP contribution in [-0.2, 0) is 20.8 Å². The van der Waals surface area contributed by atoms with Crippen molar-refractivity contribution in [2.75, 3.05) is 33.5 Å². The van der Waals surface area contributed by atoms with Gasteiger partial charge in [-0.1, -0.05) is 6.07 Å². The van der Waals surface area contributed by atoms with Crippen LogP contribution >= 0.6 is 13.5 Å². The average Bonchev–Trinajstić information content (AvgIpc) is 2.86. The Morgan fingerprint density at radius 1 is 1.36 bits per heavy atom. The Balaban J connectivity index is 0.00000280. The highest BCUT2D eigenvalue weighted by atomic mass is 32.1. The van der Waals surface area contributed by atoms with Crippen LogP contribution in [-0.4, -0.2) is 61.5 Å². The molecule has 0 spiro atoms. The van der Waals surface area contributed by atoms with E-state index in [1.807, 2.05) is 11.8 Å². The maximum atomic E-state index is 13.5. The smallest absolute Gasteiger partial charge is 0.274 e. The number of carbonyl (C=O) groups is 2. The van der Waals surface area contributed by atoms with E-state index in [4.69, 9.17) is 19.4 Å². The van der Waals surface area contributed by atoms with Crippen molar-refractivity contribution in [2.45, 2.75) is 32.4 Å². The van der Waals surface area contributed by atoms with Crippen LogP contribution < -0.4 is 10.2 Å². The van der Waals surface area contributed by atoms with Gasteiger partial charge in [0.15, 0.2) is 0 Å². The number of nitrogens with one attached hydrogen (secondary N) is 1. The lowest BCUT2D eigenvalue weighted by atomic mass is 9.79. The first-order valence-corrected chi connectivity index (χ1v) is 9.08. The van der Waals surface area contributed by atoms with Crippen molar-refractivity contribution in [3.05, 3.63) is 29.3 Å². The third kappa shape index (κ3) is 4.43. The summed E-state index contributed by atoms with van der Waals surface area (Å²) in [6, 6.07) is 4.81. The molecule has 2 heterocycles. The van der Waals surface area contributed by atoms with Crippen molar-refractivity contribution in [3.8, 4) is 5.75 Å². The Kier molecular flexibility index (Phi) is 7.70. The number of nitrogens with zero attached hydrogens (tertiary/aromatic N) is 1. The van der Waals surface area contributed by atoms with Crippen LogP contribution in [0.15, 0.2) is 18.2 Å². The first-order valence-electron chi connectivity index (χ1n) is 9.08. The highest BCUT2D eigenvalue weighted by Crippen LogP contribution is 2.36. The van der Waals surface area contributed by atoms with Crippen LogP contribution in [0.4, 0.5) is 0 Å². The molecule has 2 aliphatic rings. The third-order valence-electron chi connectivity index (χ3n) is 5.37. The van der Waals surface area contributed by atoms with Gasteiger partial charge >= 0.3 is 0 Å². The fourth-order valence-corrected chi connectivity index (χ4v) is 3.70. The quantitative estimate of drug-likeness (QED) is 0.574. The monoisotopic (exact) mass is 412 g/mol. The number of ether oxygens (including phenoxy) is 3. The number of hydroxylamine groups is 1. The molecule has 2 amide bonds. The van der Waals surface area contributed by atoms with Crippen LogP contribution in [0.25, 0.3) is 0 Å². The minimum atomic E-state index is -0.604. The predicted molar refractivity (Wildman–Crippen MR) is 106 cm³/mol. The number of hydrogen-bond acceptors (Lipinski definition) is 6. The van der Waals surface area contributed by atoms with Crippen molar-refractivity contribution in [1.29, 1.82) is 0 Å². The fraction of sp³-hybridized carbons (Fsp3) is 0.579. The second-order valence-electron chi connectivity index (χ2n) is 7.18. The molecule has 2 N–H and O–H groups in total. The Hall–Kier alpha value is -1.81. The van der Waals surface area contributed by atoms with E-state index in [0.717, 1.165) is 5.56 Å². The van der Waals surface area contributed by atoms with Gasteiger partial charge in [-0.25, -0.2) is 5.48 Å². The molecule has 0 unspecified atom stereocenters. The molecule has 2 aliphatic heterocycles. The molecule has 1 fully saturated rings. The van der Waals surface area contributed by atoms with Crippen LogP contribution in [0.2, 0.25) is 0 Å². The summed E-state index contributed by atoms with van der Waals surface area (Å²) in [5.41, 5.74) is 2.15. The van der Waals surface area contributed by atoms with E-state index >= 15 is 0 Å². The van der Waals surface area contributed by atoms with E-state index in [1.165, 1.54) is 0 Å². The lowest BCUT2D eigenvalue weighted by Gasteiger charge is -2.40. The Bertz CT molecular complexity index is 702. The van der Waals surface area contributed by atoms with E-state index in [-0.39, 0.29) is 25.4 Å². The number of carbonyl (C=O) groups excluding carboxylic acids is 2. The number of benzene rings is 1. The van der Waals surface area contributed by atoms with Crippen LogP contribution in [0.3, 0.4) is 0 Å². The standard InChI is InChI=1S/C19H26N2O6.H2S/c1-13-11-27-16-9-14(17(22)20-24)3-4-15(16)10-21(13)18(23)19(12-25-2)5-7-26-8-6-19;/h3-4,9,13,24H,5-8,10-12H2,1-2H3,(H,20,22);1H2/t13-;/m0./s1. The summed E-state index contributed by atoms with van der Waals surface area (Å²) in [5, 5.41) is 8.81. The fourth-order valence-electron chi connectivity index (χ4n) is 3.70. The Morgan fingerprint density at radius 3 is 2.71 bits per heavy atom. The normalized spacial score (nSPS) is 20.8. The molecule has 0 saturated carbocycles. The summed E-state index contributed by atoms with van der Waals surface area (Å²) in [7, 11) is 1.61. The molecule has 0 aromatic heterocycles. The van der Waals surface area contributed by atoms with Crippen molar-refractivity contribution < 1.29 is 29.0 Å². The zero-order valence-electron chi connectivity index (χ0n) is 16.2. The van der Waals surface area contributed by atoms with Crippen molar-refractivity contribution >= 4 is 25.3 Å². The molecule has 3 rings (SSSR count). The van der Waals surface area contributed by atoms with Gasteiger partial charge in [0.1, 0.15) is 12.4 Å². The van der Waals surface area contributed by atoms with Crippen LogP contribution in [0.1, 0.15) is 35.7 Å². The van der Waals surface area contributed by atoms with E-state index in [0.29, 0.717) is 57.1 Å². The molecule has 28 heavy (non-hydrogen) atoms. The molecule has 8 nitrogen and oxygen atoms in total. The third-order valence-corrected chi connectivity index (χ3v) is 5.37. The summed E-state index contributed by atoms with van der Waals surface area (Å²) >= 11 is 0. The Labute approximate surface area is 171 Å². The van der Waals surface area contributed by atoms with Crippen molar-refractivity contribution in [1.82, 2.24) is 10.4 Å². The van der Waals surface area contributed by atoms with E-state index in [9.17, 15) is 9.59 Å². The average molecular weight is 413 g/mol. The highest BCUT2D eigenvalue weighted by molar-refractivity contribution is 7.59. The van der Waals surface area contributed by atoms with E-state index in [2.05, 4.69) is 0 Å². The lowest BCUT2D eigenvalue weighted by Crippen LogP contribution is -2.52. The first kappa shape index (κ1) is 22.5. The maximum Gasteiger partial charge on any atom is 0.274 e. The largest absolute Gasteiger partial charge is 0.491 e. The molecule has 1 aromatic rings. The van der Waals surface area contributed by atoms with E-state index in [1.54, 1.807) is 30.8 Å². The highest BCUT2D eigenvalue weighted by Gasteiger charge is 2.44. The van der Waals surface area contributed by atoms with Gasteiger partial charge in [0.2, 0.25) is 5.91 Å². The van der Waals surface area contributed by atoms with Gasteiger partial charge in [-0.15, -0.1) is 0 Å². The molecule has 1 atom stereocenters. The number of fused-ring (bicyclic) bond motifs is 1. The minimum Gasteiger partial charge on any atom is -0.491 e. The molecule has 156 valence electrons. The van der Waals surface area contributed by atoms with Gasteiger partial charge in [-0.2, -0.15) is 13.5 Å². The van der Waals surface area contributed by atoms with Gasteiger partial charge in [0.25, 0.3) is 5.91 Å². The van der Waals surface area contributed by atoms with Crippen molar-refractivity contribution in [2.24, 2.45) is 5.41 Å². The van der Waals surface area contributed by atoms with Crippen molar-refractivity contribution in [3.63, 3.8) is 0 Å². The van der Waals surface area contributed by atoms with E-state index < -0.39 is 11.3 Å². The topological polar surface area (TPSA) is 97.3 Å². The summed E-state index contributed by atoms with van der Waals surface area (Å²) in [6.45, 7) is 4.12. The second-order valence-corrected chi connectivity index (χ2v) is 7.18. The predicted octanol–water partition coefficient (Wildman–Crippen LogP) is 1.47. The molecule has 1 aromatic carbocycles. The first-order chi connectivity index (χ1) is 13.0. The summed E-state index contributed by atoms with van der Waals surface area (Å²) in [5.74, 6) is -0.00678. The number of methoxy groups -OCH3 is 1. The number of hydrogen-bond donors (Lipinski definition) is 2. The molecule has 0 bridgehead atoms. The summed E-state index contributed by atoms with van der Waals surface area (Å²) in [4.78, 5) is 27.0. The minimum absolute atomic E-state index is 0. The van der Waals surface area contributed by atoms with Crippen LogP contribution in [0.5, 0.6) is 5.75 Å². The molecule has 1 saturated heterocycles. The summed E-state index contributed by atoms with van der Waals surface area (Å²) in [6.07, 6.45) is 1.26. The maximum absolute atomic E-state index is 13.5. The van der Waals surface area contributed by atoms with Gasteiger partial charge in [-0.3, -0.25) is 14.8 Å². The van der Waals surface area contributed by atoms with Gasteiger partial charge in [0.05, 0.1) is 18.1 Å². The zero-order valence-corrected chi connectivity index (χ0v) is 17.2. The van der Waals surface area contributed by atoms with Gasteiger partial charge in [0, 0.05) is 38.0 Å². The second kappa shape index (κ2) is 9.60. The summed E-state index contributed by atoms with van der Waals surface area (Å²) < 4.78 is 16.7. The lowest BCUT2D eigenvalue weighted by molar-refractivity contribution is -0.155. The molecular weight excluding hydrogens is 384 g/mol. The number of rotatable bonds is 4. The molecule has 0 radical (unpaired) electrons. The van der Waals surface area contributed by atoms with Gasteiger partial charge < -0.3 is 19.1 Å². The van der Waals surface area contributed by atoms with Crippen LogP contribution in [0, 0.1) is 5.41 Å².